The Bertz CT molecular complexity index is 786. The fraction of sp³-hybridized carbons (Fsp3) is 0.0667. The molecule has 86 valence electrons. The fourth-order valence-electron chi connectivity index (χ4n) is 2.59. The summed E-state index contributed by atoms with van der Waals surface area (Å²) in [6, 6.07) is 15.6. The Morgan fingerprint density at radius 1 is 0.944 bits per heavy atom. The second-order valence-electron chi connectivity index (χ2n) is 4.48. The van der Waals surface area contributed by atoms with Gasteiger partial charge in [-0.15, -0.1) is 0 Å². The molecule has 0 aliphatic carbocycles. The second kappa shape index (κ2) is 3.29. The number of imidazole rings is 1. The molecule has 3 aromatic rings. The van der Waals surface area contributed by atoms with Crippen LogP contribution in [-0.4, -0.2) is 15.3 Å². The standard InChI is InChI=1S/C15H10N2O/c18-14-9-17-13-8-4-3-7-12(13)16-15(17)11-6-2-1-5-10(11)14/h1-8H,9H2. The molecule has 0 N–H and O–H groups in total. The lowest BCUT2D eigenvalue weighted by Gasteiger charge is -2.17. The van der Waals surface area contributed by atoms with Crippen LogP contribution in [0.4, 0.5) is 0 Å². The topological polar surface area (TPSA) is 34.9 Å². The van der Waals surface area contributed by atoms with E-state index in [-0.39, 0.29) is 5.78 Å². The summed E-state index contributed by atoms with van der Waals surface area (Å²) in [5, 5.41) is 0. The van der Waals surface area contributed by atoms with Gasteiger partial charge >= 0.3 is 0 Å². The zero-order chi connectivity index (χ0) is 12.1. The van der Waals surface area contributed by atoms with E-state index in [9.17, 15) is 4.79 Å². The molecule has 0 bridgehead atoms. The predicted molar refractivity (Wildman–Crippen MR) is 69.5 cm³/mol. The highest BCUT2D eigenvalue weighted by atomic mass is 16.1. The van der Waals surface area contributed by atoms with Gasteiger partial charge in [0.15, 0.2) is 5.78 Å². The highest BCUT2D eigenvalue weighted by Gasteiger charge is 2.24. The van der Waals surface area contributed by atoms with Crippen LogP contribution < -0.4 is 0 Å². The minimum absolute atomic E-state index is 0.154. The maximum Gasteiger partial charge on any atom is 0.183 e. The van der Waals surface area contributed by atoms with Crippen LogP contribution >= 0.6 is 0 Å². The number of benzene rings is 2. The van der Waals surface area contributed by atoms with Gasteiger partial charge in [-0.1, -0.05) is 36.4 Å². The molecule has 4 rings (SSSR count). The molecule has 0 radical (unpaired) electrons. The van der Waals surface area contributed by atoms with Gasteiger partial charge in [-0.3, -0.25) is 4.79 Å². The zero-order valence-electron chi connectivity index (χ0n) is 9.63. The molecule has 0 fully saturated rings. The number of hydrogen-bond donors (Lipinski definition) is 0. The van der Waals surface area contributed by atoms with E-state index in [1.165, 1.54) is 0 Å². The lowest BCUT2D eigenvalue weighted by molar-refractivity contribution is 0.0971. The number of carbonyl (C=O) groups is 1. The van der Waals surface area contributed by atoms with Crippen LogP contribution in [0.2, 0.25) is 0 Å². The first-order chi connectivity index (χ1) is 8.84. The number of hydrogen-bond acceptors (Lipinski definition) is 2. The Morgan fingerprint density at radius 3 is 2.56 bits per heavy atom. The van der Waals surface area contributed by atoms with E-state index in [1.54, 1.807) is 0 Å². The van der Waals surface area contributed by atoms with Gasteiger partial charge in [0.1, 0.15) is 5.82 Å². The molecule has 18 heavy (non-hydrogen) atoms. The number of nitrogens with zero attached hydrogens (tertiary/aromatic N) is 2. The quantitative estimate of drug-likeness (QED) is 0.599. The predicted octanol–water partition coefficient (Wildman–Crippen LogP) is 2.90. The van der Waals surface area contributed by atoms with E-state index in [4.69, 9.17) is 0 Å². The Hall–Kier alpha value is -2.42. The van der Waals surface area contributed by atoms with Crippen molar-refractivity contribution in [2.45, 2.75) is 6.54 Å². The van der Waals surface area contributed by atoms with Crippen molar-refractivity contribution < 1.29 is 4.79 Å². The summed E-state index contributed by atoms with van der Waals surface area (Å²) in [6.45, 7) is 0.382. The number of Topliss-reactive ketones (excluding diaryl/α,β-unsaturated/α-hetero) is 1. The molecule has 0 unspecified atom stereocenters. The molecule has 0 saturated heterocycles. The molecule has 1 aliphatic rings. The van der Waals surface area contributed by atoms with Crippen molar-refractivity contribution in [1.82, 2.24) is 9.55 Å². The minimum atomic E-state index is 0.154. The van der Waals surface area contributed by atoms with Gasteiger partial charge in [0.25, 0.3) is 0 Å². The van der Waals surface area contributed by atoms with Crippen molar-refractivity contribution in [1.29, 1.82) is 0 Å². The Morgan fingerprint density at radius 2 is 1.67 bits per heavy atom. The molecule has 1 aromatic heterocycles. The van der Waals surface area contributed by atoms with Gasteiger partial charge < -0.3 is 4.57 Å². The number of para-hydroxylation sites is 2. The lowest BCUT2D eigenvalue weighted by Crippen LogP contribution is -2.18. The van der Waals surface area contributed by atoms with Crippen molar-refractivity contribution in [2.24, 2.45) is 0 Å². The first kappa shape index (κ1) is 9.59. The summed E-state index contributed by atoms with van der Waals surface area (Å²) in [5.74, 6) is 1.05. The summed E-state index contributed by atoms with van der Waals surface area (Å²) < 4.78 is 2.00. The molecular weight excluding hydrogens is 224 g/mol. The van der Waals surface area contributed by atoms with E-state index in [0.29, 0.717) is 6.54 Å². The summed E-state index contributed by atoms with van der Waals surface area (Å²) in [6.07, 6.45) is 0. The smallest absolute Gasteiger partial charge is 0.183 e. The minimum Gasteiger partial charge on any atom is -0.316 e. The van der Waals surface area contributed by atoms with Gasteiger partial charge in [-0.25, -0.2) is 4.98 Å². The first-order valence-corrected chi connectivity index (χ1v) is 5.92. The third-order valence-electron chi connectivity index (χ3n) is 3.42. The summed E-state index contributed by atoms with van der Waals surface area (Å²) in [7, 11) is 0. The van der Waals surface area contributed by atoms with Gasteiger partial charge in [0.2, 0.25) is 0 Å². The summed E-state index contributed by atoms with van der Waals surface area (Å²) >= 11 is 0. The normalized spacial score (nSPS) is 13.4. The van der Waals surface area contributed by atoms with E-state index in [1.807, 2.05) is 53.1 Å². The number of fused-ring (bicyclic) bond motifs is 5. The molecule has 3 nitrogen and oxygen atoms in total. The number of ketones is 1. The molecule has 0 saturated carbocycles. The second-order valence-corrected chi connectivity index (χ2v) is 4.48. The molecule has 0 spiro atoms. The van der Waals surface area contributed by atoms with E-state index >= 15 is 0 Å². The van der Waals surface area contributed by atoms with Crippen molar-refractivity contribution in [3.63, 3.8) is 0 Å². The Labute approximate surface area is 104 Å². The van der Waals surface area contributed by atoms with Crippen LogP contribution in [0.5, 0.6) is 0 Å². The molecule has 0 amide bonds. The largest absolute Gasteiger partial charge is 0.316 e. The van der Waals surface area contributed by atoms with Crippen LogP contribution in [0.15, 0.2) is 48.5 Å². The fourth-order valence-corrected chi connectivity index (χ4v) is 2.59. The third kappa shape index (κ3) is 1.13. The van der Waals surface area contributed by atoms with Gasteiger partial charge in [0, 0.05) is 11.1 Å². The van der Waals surface area contributed by atoms with Gasteiger partial charge in [-0.05, 0) is 12.1 Å². The van der Waals surface area contributed by atoms with Crippen molar-refractivity contribution in [3.8, 4) is 11.4 Å². The highest BCUT2D eigenvalue weighted by molar-refractivity contribution is 6.05. The number of aromatic nitrogens is 2. The monoisotopic (exact) mass is 234 g/mol. The maximum absolute atomic E-state index is 12.1. The third-order valence-corrected chi connectivity index (χ3v) is 3.42. The maximum atomic E-state index is 12.1. The lowest BCUT2D eigenvalue weighted by atomic mass is 10.00. The molecule has 0 atom stereocenters. The first-order valence-electron chi connectivity index (χ1n) is 5.92. The van der Waals surface area contributed by atoms with E-state index in [2.05, 4.69) is 4.98 Å². The molecule has 1 aliphatic heterocycles. The SMILES string of the molecule is O=C1Cn2c(nc3ccccc32)-c2ccccc21. The number of carbonyl (C=O) groups excluding carboxylic acids is 1. The molecule has 2 heterocycles. The van der Waals surface area contributed by atoms with Crippen molar-refractivity contribution in [2.75, 3.05) is 0 Å². The van der Waals surface area contributed by atoms with Gasteiger partial charge in [0.05, 0.1) is 17.6 Å². The zero-order valence-corrected chi connectivity index (χ0v) is 9.63. The van der Waals surface area contributed by atoms with Crippen LogP contribution in [0.1, 0.15) is 10.4 Å². The van der Waals surface area contributed by atoms with Crippen LogP contribution in [-0.2, 0) is 6.54 Å². The number of rotatable bonds is 0. The molecular formula is C15H10N2O. The summed E-state index contributed by atoms with van der Waals surface area (Å²) in [4.78, 5) is 16.8. The van der Waals surface area contributed by atoms with Crippen molar-refractivity contribution in [3.05, 3.63) is 54.1 Å². The van der Waals surface area contributed by atoms with Crippen molar-refractivity contribution >= 4 is 16.8 Å². The average molecular weight is 234 g/mol. The Balaban J connectivity index is 2.14. The Kier molecular flexibility index (Phi) is 1.75. The van der Waals surface area contributed by atoms with E-state index in [0.717, 1.165) is 28.0 Å². The molecule has 3 heteroatoms. The summed E-state index contributed by atoms with van der Waals surface area (Å²) in [5.41, 5.74) is 3.68. The van der Waals surface area contributed by atoms with Crippen LogP contribution in [0, 0.1) is 0 Å². The van der Waals surface area contributed by atoms with Crippen LogP contribution in [0.25, 0.3) is 22.4 Å². The highest BCUT2D eigenvalue weighted by Crippen LogP contribution is 2.31. The van der Waals surface area contributed by atoms with E-state index < -0.39 is 0 Å². The molecule has 2 aromatic carbocycles. The van der Waals surface area contributed by atoms with Crippen LogP contribution in [0.3, 0.4) is 0 Å². The average Bonchev–Trinajstić information content (AvgIpc) is 2.78. The van der Waals surface area contributed by atoms with Gasteiger partial charge in [-0.2, -0.15) is 0 Å².